The number of benzene rings is 2. The molecule has 0 saturated heterocycles. The molecule has 0 N–H and O–H groups in total. The highest BCUT2D eigenvalue weighted by Gasteiger charge is 2.06. The standard InChI is InChI=1S/C16H19N.Al.3H/c1-2-3-14-17(15-10-6-4-7-11-15)16-12-8-5-9-13-16;;;;/h4-13H,2-3,14H2,1H3;;;;. The van der Waals surface area contributed by atoms with Crippen LogP contribution in [0.25, 0.3) is 0 Å². The van der Waals surface area contributed by atoms with Crippen LogP contribution in [0.4, 0.5) is 11.4 Å². The van der Waals surface area contributed by atoms with Gasteiger partial charge in [0.15, 0.2) is 17.4 Å². The molecule has 0 saturated carbocycles. The van der Waals surface area contributed by atoms with Gasteiger partial charge in [0, 0.05) is 17.9 Å². The Morgan fingerprint density at radius 2 is 1.22 bits per heavy atom. The summed E-state index contributed by atoms with van der Waals surface area (Å²) in [6, 6.07) is 21.2. The summed E-state index contributed by atoms with van der Waals surface area (Å²) in [6.45, 7) is 3.30. The molecule has 0 heterocycles. The molecular weight excluding hydrogens is 233 g/mol. The van der Waals surface area contributed by atoms with Crippen molar-refractivity contribution in [1.82, 2.24) is 0 Å². The molecule has 2 rings (SSSR count). The smallest absolute Gasteiger partial charge is 0.187 e. The second kappa shape index (κ2) is 7.98. The summed E-state index contributed by atoms with van der Waals surface area (Å²) >= 11 is 0. The van der Waals surface area contributed by atoms with Gasteiger partial charge in [0.05, 0.1) is 0 Å². The van der Waals surface area contributed by atoms with E-state index < -0.39 is 0 Å². The Labute approximate surface area is 121 Å². The van der Waals surface area contributed by atoms with Gasteiger partial charge in [-0.1, -0.05) is 49.7 Å². The van der Waals surface area contributed by atoms with E-state index in [0.29, 0.717) is 0 Å². The van der Waals surface area contributed by atoms with Gasteiger partial charge >= 0.3 is 0 Å². The molecule has 0 spiro atoms. The Hall–Kier alpha value is -1.23. The van der Waals surface area contributed by atoms with Crippen molar-refractivity contribution < 1.29 is 0 Å². The number of nitrogens with zero attached hydrogens (tertiary/aromatic N) is 1. The number of hydrogen-bond donors (Lipinski definition) is 0. The fourth-order valence-corrected chi connectivity index (χ4v) is 1.94. The fourth-order valence-electron chi connectivity index (χ4n) is 1.94. The molecule has 0 amide bonds. The highest BCUT2D eigenvalue weighted by atomic mass is 27.0. The van der Waals surface area contributed by atoms with Crippen LogP contribution < -0.4 is 4.90 Å². The minimum atomic E-state index is 0. The van der Waals surface area contributed by atoms with Crippen molar-refractivity contribution in [3.05, 3.63) is 60.7 Å². The zero-order chi connectivity index (χ0) is 11.9. The molecule has 0 aliphatic heterocycles. The number of unbranched alkanes of at least 4 members (excludes halogenated alkanes) is 1. The van der Waals surface area contributed by atoms with Gasteiger partial charge < -0.3 is 4.90 Å². The number of para-hydroxylation sites is 2. The lowest BCUT2D eigenvalue weighted by Gasteiger charge is -2.24. The van der Waals surface area contributed by atoms with Crippen LogP contribution in [0, 0.1) is 0 Å². The zero-order valence-corrected chi connectivity index (χ0v) is 10.3. The predicted octanol–water partition coefficient (Wildman–Crippen LogP) is 3.44. The predicted molar refractivity (Wildman–Crippen MR) is 84.7 cm³/mol. The van der Waals surface area contributed by atoms with Crippen LogP contribution in [-0.2, 0) is 0 Å². The topological polar surface area (TPSA) is 3.24 Å². The molecule has 0 radical (unpaired) electrons. The summed E-state index contributed by atoms with van der Waals surface area (Å²) in [5.41, 5.74) is 2.54. The Bertz CT molecular complexity index is 388. The van der Waals surface area contributed by atoms with Crippen molar-refractivity contribution in [3.8, 4) is 0 Å². The molecule has 2 aromatic rings. The van der Waals surface area contributed by atoms with E-state index in [1.807, 2.05) is 0 Å². The van der Waals surface area contributed by atoms with Gasteiger partial charge in [-0.2, -0.15) is 0 Å². The Morgan fingerprint density at radius 3 is 1.61 bits per heavy atom. The summed E-state index contributed by atoms with van der Waals surface area (Å²) in [5, 5.41) is 0. The van der Waals surface area contributed by atoms with E-state index in [0.717, 1.165) is 6.54 Å². The first-order valence-corrected chi connectivity index (χ1v) is 6.29. The van der Waals surface area contributed by atoms with Crippen LogP contribution in [0.1, 0.15) is 19.8 Å². The maximum Gasteiger partial charge on any atom is 0.187 e. The maximum absolute atomic E-state index is 2.38. The van der Waals surface area contributed by atoms with Gasteiger partial charge in [0.25, 0.3) is 0 Å². The largest absolute Gasteiger partial charge is 0.341 e. The molecule has 0 unspecified atom stereocenters. The molecule has 94 valence electrons. The Kier molecular flexibility index (Phi) is 6.57. The average Bonchev–Trinajstić information content (AvgIpc) is 2.42. The van der Waals surface area contributed by atoms with Crippen molar-refractivity contribution >= 4 is 28.7 Å². The Morgan fingerprint density at radius 1 is 0.778 bits per heavy atom. The molecule has 2 aromatic carbocycles. The first-order valence-electron chi connectivity index (χ1n) is 6.29. The molecule has 0 atom stereocenters. The number of rotatable bonds is 5. The molecule has 2 heteroatoms. The molecule has 0 bridgehead atoms. The van der Waals surface area contributed by atoms with Gasteiger partial charge in [-0.25, -0.2) is 0 Å². The molecule has 1 nitrogen and oxygen atoms in total. The van der Waals surface area contributed by atoms with E-state index in [9.17, 15) is 0 Å². The third kappa shape index (κ3) is 3.91. The lowest BCUT2D eigenvalue weighted by Crippen LogP contribution is -2.17. The quantitative estimate of drug-likeness (QED) is 0.740. The van der Waals surface area contributed by atoms with E-state index in [2.05, 4.69) is 72.5 Å². The second-order valence-corrected chi connectivity index (χ2v) is 4.18. The summed E-state index contributed by atoms with van der Waals surface area (Å²) in [7, 11) is 0. The van der Waals surface area contributed by atoms with E-state index in [1.54, 1.807) is 0 Å². The molecule has 18 heavy (non-hydrogen) atoms. The van der Waals surface area contributed by atoms with Crippen molar-refractivity contribution in [3.63, 3.8) is 0 Å². The van der Waals surface area contributed by atoms with Crippen molar-refractivity contribution in [2.75, 3.05) is 11.4 Å². The Balaban J connectivity index is 0.00000162. The van der Waals surface area contributed by atoms with Crippen LogP contribution in [0.15, 0.2) is 60.7 Å². The summed E-state index contributed by atoms with van der Waals surface area (Å²) < 4.78 is 0. The lowest BCUT2D eigenvalue weighted by molar-refractivity contribution is 0.786. The first-order chi connectivity index (χ1) is 8.42. The van der Waals surface area contributed by atoms with E-state index in [1.165, 1.54) is 24.2 Å². The van der Waals surface area contributed by atoms with Crippen molar-refractivity contribution in [2.45, 2.75) is 19.8 Å². The highest BCUT2D eigenvalue weighted by molar-refractivity contribution is 5.75. The van der Waals surface area contributed by atoms with Crippen molar-refractivity contribution in [2.24, 2.45) is 0 Å². The van der Waals surface area contributed by atoms with E-state index >= 15 is 0 Å². The lowest BCUT2D eigenvalue weighted by atomic mass is 10.2. The minimum absolute atomic E-state index is 0. The zero-order valence-electron chi connectivity index (χ0n) is 10.3. The maximum atomic E-state index is 2.38. The average molecular weight is 255 g/mol. The minimum Gasteiger partial charge on any atom is -0.341 e. The third-order valence-electron chi connectivity index (χ3n) is 2.87. The van der Waals surface area contributed by atoms with Crippen LogP contribution in [0.5, 0.6) is 0 Å². The van der Waals surface area contributed by atoms with Crippen LogP contribution >= 0.6 is 0 Å². The highest BCUT2D eigenvalue weighted by Crippen LogP contribution is 2.24. The molecule has 0 aliphatic rings. The van der Waals surface area contributed by atoms with Crippen LogP contribution in [0.3, 0.4) is 0 Å². The summed E-state index contributed by atoms with van der Waals surface area (Å²) in [4.78, 5) is 2.38. The van der Waals surface area contributed by atoms with E-state index in [-0.39, 0.29) is 17.4 Å². The van der Waals surface area contributed by atoms with E-state index in [4.69, 9.17) is 0 Å². The summed E-state index contributed by atoms with van der Waals surface area (Å²) in [5.74, 6) is 0. The van der Waals surface area contributed by atoms with Crippen molar-refractivity contribution in [1.29, 1.82) is 0 Å². The molecule has 0 aliphatic carbocycles. The second-order valence-electron chi connectivity index (χ2n) is 4.18. The SMILES string of the molecule is CCCCN(c1ccccc1)c1ccccc1.[AlH3]. The fraction of sp³-hybridized carbons (Fsp3) is 0.250. The first kappa shape index (κ1) is 14.8. The monoisotopic (exact) mass is 255 g/mol. The molecule has 0 fully saturated rings. The molecular formula is C16H22AlN. The van der Waals surface area contributed by atoms with Crippen LogP contribution in [0.2, 0.25) is 0 Å². The van der Waals surface area contributed by atoms with Crippen LogP contribution in [-0.4, -0.2) is 23.9 Å². The van der Waals surface area contributed by atoms with Gasteiger partial charge in [-0.15, -0.1) is 0 Å². The van der Waals surface area contributed by atoms with Gasteiger partial charge in [0.2, 0.25) is 0 Å². The molecule has 0 aromatic heterocycles. The van der Waals surface area contributed by atoms with Gasteiger partial charge in [-0.05, 0) is 30.7 Å². The summed E-state index contributed by atoms with van der Waals surface area (Å²) in [6.07, 6.45) is 2.43. The number of hydrogen-bond acceptors (Lipinski definition) is 1. The third-order valence-corrected chi connectivity index (χ3v) is 2.87. The normalized spacial score (nSPS) is 9.61. The van der Waals surface area contributed by atoms with Gasteiger partial charge in [0.1, 0.15) is 0 Å². The van der Waals surface area contributed by atoms with Gasteiger partial charge in [-0.3, -0.25) is 0 Å². The number of anilines is 2.